The minimum absolute atomic E-state index is 0.223. The lowest BCUT2D eigenvalue weighted by Gasteiger charge is -2.19. The van der Waals surface area contributed by atoms with Gasteiger partial charge in [0.1, 0.15) is 6.61 Å². The molecule has 8 nitrogen and oxygen atoms in total. The summed E-state index contributed by atoms with van der Waals surface area (Å²) in [5, 5.41) is 0. The topological polar surface area (TPSA) is 108 Å². The van der Waals surface area contributed by atoms with E-state index in [1.165, 1.54) is 205 Å². The van der Waals surface area contributed by atoms with E-state index in [0.29, 0.717) is 12.8 Å². The van der Waals surface area contributed by atoms with Crippen molar-refractivity contribution in [3.63, 3.8) is 0 Å². The third-order valence-corrected chi connectivity index (χ3v) is 12.6. The Hall–Kier alpha value is -1.47. The van der Waals surface area contributed by atoms with E-state index in [1.807, 2.05) is 0 Å². The Morgan fingerprint density at radius 3 is 1.07 bits per heavy atom. The molecule has 0 amide bonds. The van der Waals surface area contributed by atoms with Gasteiger partial charge in [0, 0.05) is 20.0 Å². The van der Waals surface area contributed by atoms with Crippen LogP contribution in [0.3, 0.4) is 0 Å². The Balaban J connectivity index is 3.88. The number of phosphoric acid groups is 1. The standard InChI is InChI=1S/C52H99O8P/c1-4-6-8-10-12-14-16-18-20-22-24-26-28-30-32-34-36-38-40-42-44-46-51(53)58-48-50(49-59-61(55,56)57-3)60-52(54)47-45-43-41-39-37-35-33-31-29-27-25-23-21-19-17-15-13-11-9-7-5-2/h22-25,50H,4-21,26-49H2,1-3H3,(H,55,56)/b24-22-,25-23-. The van der Waals surface area contributed by atoms with Gasteiger partial charge in [0.2, 0.25) is 0 Å². The van der Waals surface area contributed by atoms with Crippen LogP contribution in [0.25, 0.3) is 0 Å². The predicted octanol–water partition coefficient (Wildman–Crippen LogP) is 17.0. The first kappa shape index (κ1) is 59.5. The van der Waals surface area contributed by atoms with Gasteiger partial charge in [-0.1, -0.05) is 218 Å². The molecule has 0 rings (SSSR count). The number of phosphoric ester groups is 1. The molecule has 2 unspecified atom stereocenters. The zero-order valence-electron chi connectivity index (χ0n) is 40.3. The summed E-state index contributed by atoms with van der Waals surface area (Å²) in [5.41, 5.74) is 0. The second-order valence-corrected chi connectivity index (χ2v) is 19.2. The molecule has 0 aromatic rings. The first-order valence-corrected chi connectivity index (χ1v) is 27.5. The quantitative estimate of drug-likeness (QED) is 0.0279. The zero-order chi connectivity index (χ0) is 44.6. The fraction of sp³-hybridized carbons (Fsp3) is 0.885. The maximum Gasteiger partial charge on any atom is 0.472 e. The van der Waals surface area contributed by atoms with Crippen molar-refractivity contribution in [3.05, 3.63) is 24.3 Å². The van der Waals surface area contributed by atoms with E-state index in [4.69, 9.17) is 14.0 Å². The highest BCUT2D eigenvalue weighted by atomic mass is 31.2. The summed E-state index contributed by atoms with van der Waals surface area (Å²) in [5.74, 6) is -0.795. The van der Waals surface area contributed by atoms with E-state index in [-0.39, 0.29) is 19.0 Å². The molecule has 0 fully saturated rings. The normalized spacial score (nSPS) is 13.3. The number of hydrogen-bond donors (Lipinski definition) is 1. The highest BCUT2D eigenvalue weighted by Gasteiger charge is 2.24. The Bertz CT molecular complexity index is 1050. The summed E-state index contributed by atoms with van der Waals surface area (Å²) in [6.07, 6.45) is 56.7. The van der Waals surface area contributed by atoms with Crippen molar-refractivity contribution < 1.29 is 37.6 Å². The van der Waals surface area contributed by atoms with Crippen molar-refractivity contribution in [1.82, 2.24) is 0 Å². The zero-order valence-corrected chi connectivity index (χ0v) is 41.2. The Kier molecular flexibility index (Phi) is 46.8. The van der Waals surface area contributed by atoms with Crippen molar-refractivity contribution in [1.29, 1.82) is 0 Å². The summed E-state index contributed by atoms with van der Waals surface area (Å²) in [6, 6.07) is 0. The Morgan fingerprint density at radius 2 is 0.738 bits per heavy atom. The summed E-state index contributed by atoms with van der Waals surface area (Å²) in [6.45, 7) is 3.93. The SMILES string of the molecule is CCCCCCCCCC/C=C\CCCCCCCCCCCC(=O)OCC(COP(=O)(O)OC)OC(=O)CCCCCCCCCCC/C=C\CCCCCCCCCC. The minimum atomic E-state index is -4.27. The number of esters is 2. The number of rotatable bonds is 49. The van der Waals surface area contributed by atoms with Crippen LogP contribution in [0.4, 0.5) is 0 Å². The van der Waals surface area contributed by atoms with Gasteiger partial charge in [-0.15, -0.1) is 0 Å². The summed E-state index contributed by atoms with van der Waals surface area (Å²) < 4.78 is 32.2. The average Bonchev–Trinajstić information content (AvgIpc) is 3.25. The maximum atomic E-state index is 12.6. The lowest BCUT2D eigenvalue weighted by molar-refractivity contribution is -0.161. The van der Waals surface area contributed by atoms with Gasteiger partial charge in [-0.2, -0.15) is 0 Å². The van der Waals surface area contributed by atoms with Crippen molar-refractivity contribution in [2.75, 3.05) is 20.3 Å². The van der Waals surface area contributed by atoms with Crippen LogP contribution in [0.5, 0.6) is 0 Å². The fourth-order valence-electron chi connectivity index (χ4n) is 7.65. The molecule has 9 heteroatoms. The maximum absolute atomic E-state index is 12.6. The molecule has 0 aliphatic carbocycles. The Labute approximate surface area is 377 Å². The van der Waals surface area contributed by atoms with Crippen molar-refractivity contribution in [3.8, 4) is 0 Å². The number of carbonyl (C=O) groups excluding carboxylic acids is 2. The Morgan fingerprint density at radius 1 is 0.443 bits per heavy atom. The molecule has 0 aromatic heterocycles. The highest BCUT2D eigenvalue weighted by molar-refractivity contribution is 7.47. The van der Waals surface area contributed by atoms with Crippen LogP contribution in [0.2, 0.25) is 0 Å². The van der Waals surface area contributed by atoms with Gasteiger partial charge in [-0.25, -0.2) is 4.57 Å². The monoisotopic (exact) mass is 883 g/mol. The summed E-state index contributed by atoms with van der Waals surface area (Å²) in [4.78, 5) is 34.7. The average molecular weight is 883 g/mol. The van der Waals surface area contributed by atoms with Crippen LogP contribution in [-0.4, -0.2) is 43.3 Å². The molecule has 0 radical (unpaired) electrons. The molecular weight excluding hydrogens is 784 g/mol. The van der Waals surface area contributed by atoms with E-state index in [9.17, 15) is 19.0 Å². The van der Waals surface area contributed by atoms with E-state index in [2.05, 4.69) is 42.7 Å². The van der Waals surface area contributed by atoms with Gasteiger partial charge in [0.25, 0.3) is 0 Å². The van der Waals surface area contributed by atoms with Crippen LogP contribution in [-0.2, 0) is 32.7 Å². The lowest BCUT2D eigenvalue weighted by atomic mass is 10.1. The predicted molar refractivity (Wildman–Crippen MR) is 258 cm³/mol. The van der Waals surface area contributed by atoms with Gasteiger partial charge in [-0.3, -0.25) is 18.6 Å². The fourth-order valence-corrected chi connectivity index (χ4v) is 8.11. The molecule has 1 N–H and O–H groups in total. The van der Waals surface area contributed by atoms with Crippen LogP contribution < -0.4 is 0 Å². The third kappa shape index (κ3) is 47.8. The molecule has 0 aromatic carbocycles. The lowest BCUT2D eigenvalue weighted by Crippen LogP contribution is -2.29. The first-order valence-electron chi connectivity index (χ1n) is 26.0. The third-order valence-electron chi connectivity index (χ3n) is 11.7. The number of carbonyl (C=O) groups is 2. The van der Waals surface area contributed by atoms with Crippen LogP contribution >= 0.6 is 7.82 Å². The molecule has 360 valence electrons. The molecule has 0 aliphatic heterocycles. The summed E-state index contributed by atoms with van der Waals surface area (Å²) >= 11 is 0. The van der Waals surface area contributed by atoms with E-state index in [0.717, 1.165) is 39.2 Å². The van der Waals surface area contributed by atoms with Gasteiger partial charge in [-0.05, 0) is 64.2 Å². The first-order chi connectivity index (χ1) is 29.8. The second kappa shape index (κ2) is 48.0. The number of allylic oxidation sites excluding steroid dienone is 4. The summed E-state index contributed by atoms with van der Waals surface area (Å²) in [7, 11) is -3.20. The molecule has 0 spiro atoms. The molecule has 0 bridgehead atoms. The molecule has 0 saturated carbocycles. The number of hydrogen-bond acceptors (Lipinski definition) is 7. The second-order valence-electron chi connectivity index (χ2n) is 17.7. The van der Waals surface area contributed by atoms with Crippen LogP contribution in [0.1, 0.15) is 271 Å². The van der Waals surface area contributed by atoms with Crippen molar-refractivity contribution in [2.24, 2.45) is 0 Å². The highest BCUT2D eigenvalue weighted by Crippen LogP contribution is 2.42. The molecule has 61 heavy (non-hydrogen) atoms. The number of unbranched alkanes of at least 4 members (excludes halogenated alkanes) is 34. The van der Waals surface area contributed by atoms with E-state index in [1.54, 1.807) is 0 Å². The van der Waals surface area contributed by atoms with E-state index >= 15 is 0 Å². The van der Waals surface area contributed by atoms with Crippen molar-refractivity contribution >= 4 is 19.8 Å². The smallest absolute Gasteiger partial charge is 0.462 e. The number of ether oxygens (including phenoxy) is 2. The molecule has 0 heterocycles. The van der Waals surface area contributed by atoms with Gasteiger partial charge >= 0.3 is 19.8 Å². The van der Waals surface area contributed by atoms with Crippen LogP contribution in [0.15, 0.2) is 24.3 Å². The van der Waals surface area contributed by atoms with E-state index < -0.39 is 26.5 Å². The minimum Gasteiger partial charge on any atom is -0.462 e. The van der Waals surface area contributed by atoms with Gasteiger partial charge < -0.3 is 14.4 Å². The van der Waals surface area contributed by atoms with Gasteiger partial charge in [0.15, 0.2) is 6.10 Å². The largest absolute Gasteiger partial charge is 0.472 e. The van der Waals surface area contributed by atoms with Gasteiger partial charge in [0.05, 0.1) is 6.61 Å². The van der Waals surface area contributed by atoms with Crippen molar-refractivity contribution in [2.45, 2.75) is 277 Å². The molecular formula is C52H99O8P. The van der Waals surface area contributed by atoms with Crippen LogP contribution in [0, 0.1) is 0 Å². The molecule has 2 atom stereocenters. The molecule has 0 aliphatic rings. The molecule has 0 saturated heterocycles.